The van der Waals surface area contributed by atoms with E-state index in [-0.39, 0.29) is 5.82 Å². The molecule has 0 aliphatic carbocycles. The van der Waals surface area contributed by atoms with Crippen LogP contribution in [-0.4, -0.2) is 20.5 Å². The molecule has 0 saturated carbocycles. The minimum absolute atomic E-state index is 0.178. The summed E-state index contributed by atoms with van der Waals surface area (Å²) in [6.45, 7) is 0. The molecule has 2 rings (SSSR count). The lowest BCUT2D eigenvalue weighted by Gasteiger charge is -1.92. The van der Waals surface area contributed by atoms with Gasteiger partial charge in [-0.15, -0.1) is 0 Å². The van der Waals surface area contributed by atoms with Crippen molar-refractivity contribution in [2.24, 2.45) is 0 Å². The molecule has 78 valence electrons. The maximum absolute atomic E-state index is 11.4. The van der Waals surface area contributed by atoms with E-state index in [1.54, 1.807) is 10.6 Å². The number of carbonyl (C=O) groups excluding carboxylic acids is 1. The smallest absolute Gasteiger partial charge is 0.301 e. The number of imidazole rings is 1. The Morgan fingerprint density at radius 3 is 3.13 bits per heavy atom. The number of nitrogens with zero attached hydrogens (tertiary/aromatic N) is 3. The fraction of sp³-hybridized carbons (Fsp3) is 0. The summed E-state index contributed by atoms with van der Waals surface area (Å²) in [5.41, 5.74) is 0.521. The molecule has 0 aliphatic heterocycles. The monoisotopic (exact) mass is 274 g/mol. The summed E-state index contributed by atoms with van der Waals surface area (Å²) in [5.74, 6) is 0.178. The van der Waals surface area contributed by atoms with Gasteiger partial charge in [-0.2, -0.15) is 0 Å². The van der Waals surface area contributed by atoms with E-state index >= 15 is 0 Å². The van der Waals surface area contributed by atoms with Crippen LogP contribution in [0.25, 0.3) is 5.65 Å². The lowest BCUT2D eigenvalue weighted by Crippen LogP contribution is -2.09. The van der Waals surface area contributed by atoms with Crippen molar-refractivity contribution in [3.8, 4) is 0 Å². The molecule has 2 aromatic heterocycles. The summed E-state index contributed by atoms with van der Waals surface area (Å²) in [4.78, 5) is 21.4. The van der Waals surface area contributed by atoms with Gasteiger partial charge < -0.3 is 4.40 Å². The van der Waals surface area contributed by atoms with Crippen LogP contribution < -0.4 is 5.32 Å². The maximum Gasteiger partial charge on any atom is 0.450 e. The van der Waals surface area contributed by atoms with Gasteiger partial charge >= 0.3 is 6.09 Å². The number of carbonyl (C=O) groups is 1. The van der Waals surface area contributed by atoms with Gasteiger partial charge in [-0.3, -0.25) is 5.32 Å². The molecule has 15 heavy (non-hydrogen) atoms. The molecule has 2 heterocycles. The van der Waals surface area contributed by atoms with Gasteiger partial charge in [-0.05, 0) is 15.9 Å². The predicted molar refractivity (Wildman–Crippen MR) is 51.9 cm³/mol. The van der Waals surface area contributed by atoms with Crippen LogP contribution in [0.2, 0.25) is 0 Å². The number of nitrogens with one attached hydrogen (secondary N) is 1. The highest BCUT2D eigenvalue weighted by Gasteiger charge is 2.07. The Bertz CT molecular complexity index is 515. The van der Waals surface area contributed by atoms with Crippen LogP contribution in [0.5, 0.6) is 0 Å². The van der Waals surface area contributed by atoms with Gasteiger partial charge in [-0.25, -0.2) is 19.7 Å². The fourth-order valence-corrected chi connectivity index (χ4v) is 1.38. The van der Waals surface area contributed by atoms with Crippen molar-refractivity contribution in [1.82, 2.24) is 14.4 Å². The van der Waals surface area contributed by atoms with Crippen LogP contribution in [0.3, 0.4) is 0 Å². The van der Waals surface area contributed by atoms with Crippen LogP contribution in [-0.2, 0) is 4.94 Å². The number of anilines is 1. The molecule has 0 spiro atoms. The molecular formula is C7H4BrFN4O2. The van der Waals surface area contributed by atoms with Crippen molar-refractivity contribution in [2.75, 3.05) is 5.32 Å². The highest BCUT2D eigenvalue weighted by Crippen LogP contribution is 2.12. The topological polar surface area (TPSA) is 68.5 Å². The summed E-state index contributed by atoms with van der Waals surface area (Å²) >= 11 is 3.17. The fourth-order valence-electron chi connectivity index (χ4n) is 1.06. The second kappa shape index (κ2) is 3.81. The Balaban J connectivity index is 2.34. The summed E-state index contributed by atoms with van der Waals surface area (Å²) in [6.07, 6.45) is 3.42. The highest BCUT2D eigenvalue weighted by molar-refractivity contribution is 9.10. The zero-order chi connectivity index (χ0) is 10.8. The van der Waals surface area contributed by atoms with Crippen molar-refractivity contribution in [2.45, 2.75) is 0 Å². The molecule has 0 atom stereocenters. The van der Waals surface area contributed by atoms with Crippen molar-refractivity contribution < 1.29 is 14.3 Å². The first-order valence-corrected chi connectivity index (χ1v) is 4.58. The molecular weight excluding hydrogens is 271 g/mol. The zero-order valence-corrected chi connectivity index (χ0v) is 8.73. The summed E-state index contributed by atoms with van der Waals surface area (Å²) in [7, 11) is 0. The molecule has 8 heteroatoms. The van der Waals surface area contributed by atoms with Gasteiger partial charge in [0, 0.05) is 10.7 Å². The van der Waals surface area contributed by atoms with E-state index < -0.39 is 6.09 Å². The third-order valence-corrected chi connectivity index (χ3v) is 2.02. The Morgan fingerprint density at radius 2 is 2.40 bits per heavy atom. The summed E-state index contributed by atoms with van der Waals surface area (Å²) in [5, 5.41) is 2.09. The average molecular weight is 275 g/mol. The van der Waals surface area contributed by atoms with Crippen LogP contribution in [0.1, 0.15) is 0 Å². The average Bonchev–Trinajstić information content (AvgIpc) is 2.59. The molecule has 0 unspecified atom stereocenters. The Kier molecular flexibility index (Phi) is 2.50. The van der Waals surface area contributed by atoms with Gasteiger partial charge in [0.2, 0.25) is 0 Å². The third-order valence-electron chi connectivity index (χ3n) is 1.61. The largest absolute Gasteiger partial charge is 0.450 e. The molecule has 0 bridgehead atoms. The van der Waals surface area contributed by atoms with E-state index in [0.29, 0.717) is 10.3 Å². The van der Waals surface area contributed by atoms with E-state index in [4.69, 9.17) is 0 Å². The third kappa shape index (κ3) is 2.04. The molecule has 0 aliphatic rings. The molecule has 6 nitrogen and oxygen atoms in total. The van der Waals surface area contributed by atoms with Gasteiger partial charge in [0.1, 0.15) is 4.60 Å². The van der Waals surface area contributed by atoms with Gasteiger partial charge in [0.05, 0.1) is 12.4 Å². The molecule has 2 aromatic rings. The van der Waals surface area contributed by atoms with Gasteiger partial charge in [-0.1, -0.05) is 0 Å². The van der Waals surface area contributed by atoms with E-state index in [0.717, 1.165) is 0 Å². The van der Waals surface area contributed by atoms with Crippen LogP contribution in [0.4, 0.5) is 15.1 Å². The first kappa shape index (κ1) is 9.84. The zero-order valence-electron chi connectivity index (χ0n) is 7.15. The number of amides is 1. The molecule has 0 fully saturated rings. The number of hydrogen-bond acceptors (Lipinski definition) is 4. The summed E-state index contributed by atoms with van der Waals surface area (Å²) < 4.78 is 13.7. The first-order chi connectivity index (χ1) is 7.19. The molecule has 0 aromatic carbocycles. The number of hydrogen-bond donors (Lipinski definition) is 1. The Hall–Kier alpha value is -1.70. The Labute approximate surface area is 91.1 Å². The predicted octanol–water partition coefficient (Wildman–Crippen LogP) is 1.92. The highest BCUT2D eigenvalue weighted by atomic mass is 79.9. The second-order valence-corrected chi connectivity index (χ2v) is 3.40. The number of fused-ring (bicyclic) bond motifs is 1. The van der Waals surface area contributed by atoms with Crippen molar-refractivity contribution in [3.63, 3.8) is 0 Å². The lowest BCUT2D eigenvalue weighted by atomic mass is 10.7. The van der Waals surface area contributed by atoms with Crippen molar-refractivity contribution in [3.05, 3.63) is 23.2 Å². The lowest BCUT2D eigenvalue weighted by molar-refractivity contribution is -0.0544. The van der Waals surface area contributed by atoms with Gasteiger partial charge in [0.25, 0.3) is 0 Å². The minimum atomic E-state index is -1.22. The summed E-state index contributed by atoms with van der Waals surface area (Å²) in [6, 6.07) is 0. The van der Waals surface area contributed by atoms with Gasteiger partial charge in [0.15, 0.2) is 11.5 Å². The molecule has 0 radical (unpaired) electrons. The van der Waals surface area contributed by atoms with E-state index in [1.165, 1.54) is 12.4 Å². The number of halogens is 2. The number of aromatic nitrogens is 3. The minimum Gasteiger partial charge on any atom is -0.301 e. The number of rotatable bonds is 1. The van der Waals surface area contributed by atoms with E-state index in [9.17, 15) is 9.32 Å². The second-order valence-electron chi connectivity index (χ2n) is 2.59. The molecule has 1 amide bonds. The van der Waals surface area contributed by atoms with Crippen LogP contribution in [0, 0.1) is 0 Å². The van der Waals surface area contributed by atoms with E-state index in [2.05, 4.69) is 36.2 Å². The van der Waals surface area contributed by atoms with Crippen LogP contribution in [0.15, 0.2) is 23.2 Å². The molecule has 1 N–H and O–H groups in total. The normalized spacial score (nSPS) is 10.3. The quantitative estimate of drug-likeness (QED) is 0.863. The standard InChI is InChI=1S/C7H4BrFN4O2/c8-4-2-13-3-5(12-7(14)15-9)11-6(13)1-10-4/h1-3H,(H,12,14). The first-order valence-electron chi connectivity index (χ1n) is 3.79. The van der Waals surface area contributed by atoms with Crippen molar-refractivity contribution in [1.29, 1.82) is 0 Å². The molecule has 0 saturated heterocycles. The van der Waals surface area contributed by atoms with Crippen molar-refractivity contribution >= 4 is 33.5 Å². The van der Waals surface area contributed by atoms with Crippen LogP contribution >= 0.6 is 15.9 Å². The Morgan fingerprint density at radius 1 is 1.60 bits per heavy atom. The van der Waals surface area contributed by atoms with E-state index in [1.807, 2.05) is 0 Å². The maximum atomic E-state index is 11.4. The SMILES string of the molecule is O=C(Nc1cn2cc(Br)ncc2n1)OF.